The largest absolute Gasteiger partial charge is 0.368 e. The van der Waals surface area contributed by atoms with Crippen molar-refractivity contribution in [3.05, 3.63) is 74.7 Å². The van der Waals surface area contributed by atoms with E-state index in [0.29, 0.717) is 16.3 Å². The topological polar surface area (TPSA) is 69.8 Å². The maximum atomic E-state index is 12.5. The van der Waals surface area contributed by atoms with Gasteiger partial charge in [0, 0.05) is 5.56 Å². The molecule has 126 valence electrons. The van der Waals surface area contributed by atoms with Crippen molar-refractivity contribution in [1.29, 1.82) is 0 Å². The molecular formula is C18H15ClN4O2. The summed E-state index contributed by atoms with van der Waals surface area (Å²) in [7, 11) is 0. The third-order valence-corrected chi connectivity index (χ3v) is 4.75. The Bertz CT molecular complexity index is 1020. The molecule has 6 nitrogen and oxygen atoms in total. The van der Waals surface area contributed by atoms with E-state index < -0.39 is 5.69 Å². The van der Waals surface area contributed by atoms with Crippen LogP contribution in [0.3, 0.4) is 0 Å². The number of fused-ring (bicyclic) bond motifs is 1. The van der Waals surface area contributed by atoms with Gasteiger partial charge in [-0.1, -0.05) is 35.9 Å². The van der Waals surface area contributed by atoms with Gasteiger partial charge in [0.1, 0.15) is 6.54 Å². The molecular weight excluding hydrogens is 340 g/mol. The van der Waals surface area contributed by atoms with Gasteiger partial charge in [-0.15, -0.1) is 0 Å². The third kappa shape index (κ3) is 2.89. The van der Waals surface area contributed by atoms with Crippen LogP contribution in [0.2, 0.25) is 5.02 Å². The van der Waals surface area contributed by atoms with Crippen molar-refractivity contribution < 1.29 is 4.79 Å². The summed E-state index contributed by atoms with van der Waals surface area (Å²) in [4.78, 5) is 25.0. The summed E-state index contributed by atoms with van der Waals surface area (Å²) in [5, 5.41) is 8.03. The molecule has 0 spiro atoms. The Balaban J connectivity index is 1.61. The number of aryl methyl sites for hydroxylation is 2. The molecule has 0 radical (unpaired) electrons. The van der Waals surface area contributed by atoms with E-state index in [4.69, 9.17) is 11.6 Å². The van der Waals surface area contributed by atoms with Gasteiger partial charge >= 0.3 is 5.69 Å². The molecule has 3 aromatic rings. The molecule has 1 heterocycles. The van der Waals surface area contributed by atoms with Gasteiger partial charge in [-0.2, -0.15) is 9.36 Å². The summed E-state index contributed by atoms with van der Waals surface area (Å²) in [5.41, 5.74) is 3.06. The average molecular weight is 355 g/mol. The van der Waals surface area contributed by atoms with Crippen LogP contribution in [0.5, 0.6) is 0 Å². The van der Waals surface area contributed by atoms with Crippen LogP contribution in [-0.4, -0.2) is 25.6 Å². The number of ketones is 1. The first-order chi connectivity index (χ1) is 12.1. The number of Topliss-reactive ketones (excluding diaryl/α,β-unsaturated/α-hetero) is 1. The van der Waals surface area contributed by atoms with Crippen molar-refractivity contribution in [3.63, 3.8) is 0 Å². The van der Waals surface area contributed by atoms with E-state index in [-0.39, 0.29) is 12.3 Å². The number of nitrogens with zero attached hydrogens (tertiary/aromatic N) is 4. The number of carbonyl (C=O) groups excluding carboxylic acids is 1. The van der Waals surface area contributed by atoms with Gasteiger partial charge in [-0.05, 0) is 59.0 Å². The first-order valence-corrected chi connectivity index (χ1v) is 8.44. The van der Waals surface area contributed by atoms with Crippen molar-refractivity contribution in [1.82, 2.24) is 19.8 Å². The van der Waals surface area contributed by atoms with Gasteiger partial charge in [0.15, 0.2) is 5.78 Å². The first-order valence-electron chi connectivity index (χ1n) is 8.06. The van der Waals surface area contributed by atoms with E-state index in [2.05, 4.69) is 10.4 Å². The summed E-state index contributed by atoms with van der Waals surface area (Å²) in [6.07, 6.45) is 3.19. The maximum absolute atomic E-state index is 12.5. The molecule has 1 aliphatic carbocycles. The smallest absolute Gasteiger partial charge is 0.292 e. The lowest BCUT2D eigenvalue weighted by molar-refractivity contribution is 0.0965. The Kier molecular flexibility index (Phi) is 3.97. The van der Waals surface area contributed by atoms with Crippen LogP contribution in [0.4, 0.5) is 0 Å². The molecule has 0 aliphatic heterocycles. The Morgan fingerprint density at radius 1 is 1.08 bits per heavy atom. The number of halogens is 1. The minimum atomic E-state index is -0.498. The fourth-order valence-electron chi connectivity index (χ4n) is 3.12. The molecule has 0 saturated carbocycles. The van der Waals surface area contributed by atoms with Crippen LogP contribution in [-0.2, 0) is 19.4 Å². The predicted octanol–water partition coefficient (Wildman–Crippen LogP) is 2.45. The number of hydrogen-bond acceptors (Lipinski definition) is 4. The normalized spacial score (nSPS) is 13.0. The van der Waals surface area contributed by atoms with Crippen LogP contribution in [0, 0.1) is 0 Å². The fourth-order valence-corrected chi connectivity index (χ4v) is 3.34. The zero-order valence-corrected chi connectivity index (χ0v) is 14.1. The van der Waals surface area contributed by atoms with E-state index in [0.717, 1.165) is 28.6 Å². The van der Waals surface area contributed by atoms with Crippen molar-refractivity contribution in [2.24, 2.45) is 0 Å². The van der Waals surface area contributed by atoms with Gasteiger partial charge in [0.05, 0.1) is 10.7 Å². The van der Waals surface area contributed by atoms with E-state index in [1.165, 1.54) is 11.1 Å². The molecule has 7 heteroatoms. The quantitative estimate of drug-likeness (QED) is 0.675. The van der Waals surface area contributed by atoms with Crippen LogP contribution in [0.1, 0.15) is 27.9 Å². The van der Waals surface area contributed by atoms with Gasteiger partial charge < -0.3 is 0 Å². The van der Waals surface area contributed by atoms with Gasteiger partial charge in [0.25, 0.3) is 0 Å². The van der Waals surface area contributed by atoms with Crippen molar-refractivity contribution in [2.75, 3.05) is 0 Å². The molecule has 0 bridgehead atoms. The second kappa shape index (κ2) is 6.29. The zero-order chi connectivity index (χ0) is 17.4. The van der Waals surface area contributed by atoms with Crippen LogP contribution < -0.4 is 5.69 Å². The average Bonchev–Trinajstić information content (AvgIpc) is 3.22. The van der Waals surface area contributed by atoms with Gasteiger partial charge in [-0.3, -0.25) is 4.79 Å². The Hall–Kier alpha value is -2.73. The summed E-state index contributed by atoms with van der Waals surface area (Å²) < 4.78 is 2.15. The molecule has 0 saturated heterocycles. The molecule has 25 heavy (non-hydrogen) atoms. The first kappa shape index (κ1) is 15.8. The summed E-state index contributed by atoms with van der Waals surface area (Å²) in [5.74, 6) is -0.164. The number of rotatable bonds is 4. The summed E-state index contributed by atoms with van der Waals surface area (Å²) in [6.45, 7) is -0.151. The number of aromatic nitrogens is 4. The van der Waals surface area contributed by atoms with E-state index in [1.54, 1.807) is 24.3 Å². The van der Waals surface area contributed by atoms with Crippen molar-refractivity contribution in [3.8, 4) is 5.69 Å². The van der Waals surface area contributed by atoms with Gasteiger partial charge in [-0.25, -0.2) is 4.79 Å². The highest BCUT2D eigenvalue weighted by molar-refractivity contribution is 6.32. The van der Waals surface area contributed by atoms with Crippen molar-refractivity contribution in [2.45, 2.75) is 25.8 Å². The highest BCUT2D eigenvalue weighted by Crippen LogP contribution is 2.23. The van der Waals surface area contributed by atoms with E-state index in [9.17, 15) is 9.59 Å². The fraction of sp³-hybridized carbons (Fsp3) is 0.222. The van der Waals surface area contributed by atoms with E-state index >= 15 is 0 Å². The standard InChI is InChI=1S/C18H15ClN4O2/c19-15-6-1-2-7-16(15)23-18(25)22(20-21-23)11-17(24)14-9-8-12-4-3-5-13(12)10-14/h1-2,6-10H,3-5,11H2. The highest BCUT2D eigenvalue weighted by Gasteiger charge is 2.17. The highest BCUT2D eigenvalue weighted by atomic mass is 35.5. The number of para-hydroxylation sites is 1. The van der Waals surface area contributed by atoms with Crippen molar-refractivity contribution >= 4 is 17.4 Å². The molecule has 0 amide bonds. The molecule has 1 aliphatic rings. The van der Waals surface area contributed by atoms with Gasteiger partial charge in [0.2, 0.25) is 0 Å². The minimum Gasteiger partial charge on any atom is -0.292 e. The maximum Gasteiger partial charge on any atom is 0.368 e. The van der Waals surface area contributed by atoms with E-state index in [1.807, 2.05) is 18.2 Å². The number of tetrazole rings is 1. The lowest BCUT2D eigenvalue weighted by atomic mass is 10.0. The third-order valence-electron chi connectivity index (χ3n) is 4.43. The zero-order valence-electron chi connectivity index (χ0n) is 13.4. The molecule has 4 rings (SSSR count). The number of carbonyl (C=O) groups is 1. The lowest BCUT2D eigenvalue weighted by Gasteiger charge is -2.04. The molecule has 2 aromatic carbocycles. The number of hydrogen-bond donors (Lipinski definition) is 0. The predicted molar refractivity (Wildman–Crippen MR) is 93.4 cm³/mol. The van der Waals surface area contributed by atoms with Crippen LogP contribution in [0.15, 0.2) is 47.3 Å². The lowest BCUT2D eigenvalue weighted by Crippen LogP contribution is -2.27. The second-order valence-corrected chi connectivity index (χ2v) is 6.45. The monoisotopic (exact) mass is 354 g/mol. The minimum absolute atomic E-state index is 0.151. The van der Waals surface area contributed by atoms with Crippen LogP contribution >= 0.6 is 11.6 Å². The molecule has 0 unspecified atom stereocenters. The second-order valence-electron chi connectivity index (χ2n) is 6.04. The SMILES string of the molecule is O=C(Cn1nnn(-c2ccccc2Cl)c1=O)c1ccc2c(c1)CCC2. The number of benzene rings is 2. The Morgan fingerprint density at radius 3 is 2.72 bits per heavy atom. The van der Waals surface area contributed by atoms with Crippen LogP contribution in [0.25, 0.3) is 5.69 Å². The molecule has 1 aromatic heterocycles. The Labute approximate surface area is 148 Å². The summed E-state index contributed by atoms with van der Waals surface area (Å²) in [6, 6.07) is 12.6. The molecule has 0 fully saturated rings. The Morgan fingerprint density at radius 2 is 1.88 bits per heavy atom. The molecule has 0 N–H and O–H groups in total. The summed E-state index contributed by atoms with van der Waals surface area (Å²) >= 11 is 6.09. The molecule has 0 atom stereocenters.